The molecule has 166 valence electrons. The van der Waals surface area contributed by atoms with E-state index in [1.807, 2.05) is 39.8 Å². The Balaban J connectivity index is 2.37. The third-order valence-corrected chi connectivity index (χ3v) is 5.23. The van der Waals surface area contributed by atoms with Crippen LogP contribution in [0.5, 0.6) is 5.88 Å². The zero-order valence-electron chi connectivity index (χ0n) is 18.6. The van der Waals surface area contributed by atoms with Crippen molar-refractivity contribution < 1.29 is 19.4 Å². The van der Waals surface area contributed by atoms with E-state index in [1.54, 1.807) is 29.1 Å². The summed E-state index contributed by atoms with van der Waals surface area (Å²) in [6.07, 6.45) is 5.90. The summed E-state index contributed by atoms with van der Waals surface area (Å²) < 4.78 is 6.17. The third-order valence-electron chi connectivity index (χ3n) is 5.23. The van der Waals surface area contributed by atoms with Crippen molar-refractivity contribution in [1.82, 2.24) is 20.1 Å². The van der Waals surface area contributed by atoms with Gasteiger partial charge >= 0.3 is 6.03 Å². The molecular weight excluding hydrogens is 384 g/mol. The fourth-order valence-electron chi connectivity index (χ4n) is 3.34. The van der Waals surface area contributed by atoms with Crippen molar-refractivity contribution in [3.05, 3.63) is 29.5 Å². The Kier molecular flexibility index (Phi) is 8.65. The predicted molar refractivity (Wildman–Crippen MR) is 116 cm³/mol. The molecule has 0 saturated carbocycles. The van der Waals surface area contributed by atoms with Gasteiger partial charge < -0.3 is 25.0 Å². The molecule has 2 N–H and O–H groups in total. The fourth-order valence-corrected chi connectivity index (χ4v) is 3.34. The highest BCUT2D eigenvalue weighted by Crippen LogP contribution is 2.27. The lowest BCUT2D eigenvalue weighted by Gasteiger charge is -2.37. The van der Waals surface area contributed by atoms with Gasteiger partial charge in [-0.3, -0.25) is 4.79 Å². The first-order valence-corrected chi connectivity index (χ1v) is 10.5. The molecule has 1 aromatic heterocycles. The van der Waals surface area contributed by atoms with Crippen LogP contribution in [0.3, 0.4) is 0 Å². The summed E-state index contributed by atoms with van der Waals surface area (Å²) in [7, 11) is 1.72. The second-order valence-electron chi connectivity index (χ2n) is 7.86. The van der Waals surface area contributed by atoms with Gasteiger partial charge in [0.2, 0.25) is 5.88 Å². The maximum Gasteiger partial charge on any atom is 0.317 e. The molecule has 8 nitrogen and oxygen atoms in total. The Hall–Kier alpha value is -2.61. The van der Waals surface area contributed by atoms with Crippen LogP contribution in [0.4, 0.5) is 4.79 Å². The van der Waals surface area contributed by atoms with Crippen molar-refractivity contribution in [2.24, 2.45) is 5.92 Å². The first-order valence-electron chi connectivity index (χ1n) is 10.5. The summed E-state index contributed by atoms with van der Waals surface area (Å²) in [6, 6.07) is 1.25. The number of amides is 3. The third kappa shape index (κ3) is 5.72. The number of carbonyl (C=O) groups is 2. The number of aromatic nitrogens is 1. The molecule has 0 radical (unpaired) electrons. The maximum atomic E-state index is 13.2. The van der Waals surface area contributed by atoms with E-state index in [1.165, 1.54) is 0 Å². The van der Waals surface area contributed by atoms with Crippen molar-refractivity contribution in [3.8, 4) is 5.88 Å². The highest BCUT2D eigenvalue weighted by Gasteiger charge is 2.34. The van der Waals surface area contributed by atoms with Crippen LogP contribution in [-0.4, -0.2) is 77.3 Å². The largest absolute Gasteiger partial charge is 0.472 e. The van der Waals surface area contributed by atoms with Crippen LogP contribution in [0, 0.1) is 5.92 Å². The van der Waals surface area contributed by atoms with E-state index in [-0.39, 0.29) is 42.5 Å². The van der Waals surface area contributed by atoms with Gasteiger partial charge in [0.1, 0.15) is 11.7 Å². The standard InChI is InChI=1S/C22H34N4O4/c1-6-8-17-10-18-20(24-11-17)30-19(13-25(5)22(29)23-9-7-2)15(3)12-26(21(18)28)16(4)14-27/h6,8,10-11,15-16,19,27H,7,9,12-14H2,1-5H3,(H,23,29)/b8-6+/t15-,16-,19+/m1/s1. The quantitative estimate of drug-likeness (QED) is 0.709. The number of pyridine rings is 1. The molecule has 3 atom stereocenters. The molecule has 0 fully saturated rings. The van der Waals surface area contributed by atoms with Crippen LogP contribution in [0.25, 0.3) is 6.08 Å². The number of nitrogens with one attached hydrogen (secondary N) is 1. The molecule has 1 aromatic rings. The van der Waals surface area contributed by atoms with Crippen LogP contribution < -0.4 is 10.1 Å². The smallest absolute Gasteiger partial charge is 0.317 e. The zero-order chi connectivity index (χ0) is 22.3. The van der Waals surface area contributed by atoms with Gasteiger partial charge in [-0.1, -0.05) is 26.0 Å². The van der Waals surface area contributed by atoms with Gasteiger partial charge in [-0.15, -0.1) is 0 Å². The lowest BCUT2D eigenvalue weighted by molar-refractivity contribution is 0.0352. The summed E-state index contributed by atoms with van der Waals surface area (Å²) in [5, 5.41) is 12.6. The molecule has 0 bridgehead atoms. The van der Waals surface area contributed by atoms with Crippen molar-refractivity contribution in [1.29, 1.82) is 0 Å². The minimum absolute atomic E-state index is 0.0745. The van der Waals surface area contributed by atoms with Gasteiger partial charge in [0.15, 0.2) is 0 Å². The summed E-state index contributed by atoms with van der Waals surface area (Å²) in [4.78, 5) is 33.2. The maximum absolute atomic E-state index is 13.2. The highest BCUT2D eigenvalue weighted by atomic mass is 16.5. The van der Waals surface area contributed by atoms with Crippen molar-refractivity contribution in [2.75, 3.05) is 33.3 Å². The molecule has 0 saturated heterocycles. The Morgan fingerprint density at radius 3 is 2.90 bits per heavy atom. The summed E-state index contributed by atoms with van der Waals surface area (Å²) in [5.74, 6) is -0.0402. The first kappa shape index (κ1) is 23.7. The molecule has 30 heavy (non-hydrogen) atoms. The molecule has 0 aliphatic carbocycles. The number of hydrogen-bond donors (Lipinski definition) is 2. The average Bonchev–Trinajstić information content (AvgIpc) is 2.74. The van der Waals surface area contributed by atoms with Gasteiger partial charge in [0, 0.05) is 32.3 Å². The van der Waals surface area contributed by atoms with Gasteiger partial charge in [-0.2, -0.15) is 0 Å². The molecule has 1 aliphatic heterocycles. The van der Waals surface area contributed by atoms with Crippen LogP contribution in [0.2, 0.25) is 0 Å². The Bertz CT molecular complexity index is 768. The van der Waals surface area contributed by atoms with Crippen LogP contribution in [0.1, 0.15) is 50.0 Å². The summed E-state index contributed by atoms with van der Waals surface area (Å²) in [6.45, 7) is 8.92. The number of rotatable bonds is 7. The Morgan fingerprint density at radius 1 is 1.53 bits per heavy atom. The second kappa shape index (κ2) is 11.0. The first-order chi connectivity index (χ1) is 14.3. The number of carbonyl (C=O) groups excluding carboxylic acids is 2. The molecule has 8 heteroatoms. The molecule has 2 rings (SSSR count). The van der Waals surface area contributed by atoms with E-state index in [9.17, 15) is 14.7 Å². The number of fused-ring (bicyclic) bond motifs is 1. The fraction of sp³-hybridized carbons (Fsp3) is 0.591. The van der Waals surface area contributed by atoms with E-state index < -0.39 is 0 Å². The van der Waals surface area contributed by atoms with Gasteiger partial charge in [0.25, 0.3) is 5.91 Å². The number of urea groups is 1. The van der Waals surface area contributed by atoms with Gasteiger partial charge in [-0.25, -0.2) is 9.78 Å². The normalized spacial score (nSPS) is 20.2. The van der Waals surface area contributed by atoms with E-state index >= 15 is 0 Å². The number of hydrogen-bond acceptors (Lipinski definition) is 5. The van der Waals surface area contributed by atoms with Crippen molar-refractivity contribution >= 4 is 18.0 Å². The predicted octanol–water partition coefficient (Wildman–Crippen LogP) is 2.39. The summed E-state index contributed by atoms with van der Waals surface area (Å²) >= 11 is 0. The monoisotopic (exact) mass is 418 g/mol. The molecule has 0 spiro atoms. The van der Waals surface area contributed by atoms with Crippen molar-refractivity contribution in [2.45, 2.75) is 46.3 Å². The Morgan fingerprint density at radius 2 is 2.27 bits per heavy atom. The minimum Gasteiger partial charge on any atom is -0.472 e. The van der Waals surface area contributed by atoms with Crippen LogP contribution in [0.15, 0.2) is 18.3 Å². The van der Waals surface area contributed by atoms with Gasteiger partial charge in [0.05, 0.1) is 19.2 Å². The highest BCUT2D eigenvalue weighted by molar-refractivity contribution is 5.97. The SMILES string of the molecule is C/C=C/c1cnc2c(c1)C(=O)N([C@H](C)CO)C[C@@H](C)[C@H](CN(C)C(=O)NCCC)O2. The van der Waals surface area contributed by atoms with E-state index in [2.05, 4.69) is 10.3 Å². The zero-order valence-corrected chi connectivity index (χ0v) is 18.6. The van der Waals surface area contributed by atoms with E-state index in [0.717, 1.165) is 12.0 Å². The number of nitrogens with zero attached hydrogens (tertiary/aromatic N) is 3. The molecule has 0 unspecified atom stereocenters. The van der Waals surface area contributed by atoms with E-state index in [4.69, 9.17) is 4.74 Å². The van der Waals surface area contributed by atoms with Crippen LogP contribution in [-0.2, 0) is 0 Å². The minimum atomic E-state index is -0.359. The number of likely N-dealkylation sites (N-methyl/N-ethyl adjacent to an activating group) is 1. The van der Waals surface area contributed by atoms with E-state index in [0.29, 0.717) is 25.2 Å². The number of ether oxygens (including phenoxy) is 1. The van der Waals surface area contributed by atoms with Gasteiger partial charge in [-0.05, 0) is 31.9 Å². The molecular formula is C22H34N4O4. The Labute approximate surface area is 178 Å². The van der Waals surface area contributed by atoms with Crippen LogP contribution >= 0.6 is 0 Å². The second-order valence-corrected chi connectivity index (χ2v) is 7.86. The molecule has 3 amide bonds. The average molecular weight is 419 g/mol. The molecule has 0 aromatic carbocycles. The lowest BCUT2D eigenvalue weighted by Crippen LogP contribution is -2.51. The number of aliphatic hydroxyl groups is 1. The lowest BCUT2D eigenvalue weighted by atomic mass is 10.00. The number of aliphatic hydroxyl groups excluding tert-OH is 1. The molecule has 1 aliphatic rings. The topological polar surface area (TPSA) is 95.0 Å². The summed E-state index contributed by atoms with van der Waals surface area (Å²) in [5.41, 5.74) is 1.16. The molecule has 2 heterocycles. The van der Waals surface area contributed by atoms with Crippen molar-refractivity contribution in [3.63, 3.8) is 0 Å². The number of allylic oxidation sites excluding steroid dienone is 1.